The molecule has 3 heteroatoms. The molecule has 0 radical (unpaired) electrons. The Bertz CT molecular complexity index is 233. The number of nitrogens with zero attached hydrogens (tertiary/aromatic N) is 1. The van der Waals surface area contributed by atoms with Crippen LogP contribution in [0.1, 0.15) is 59.3 Å². The fraction of sp³-hybridized carbons (Fsp3) is 0.846. The number of ketones is 1. The first-order valence-corrected chi connectivity index (χ1v) is 6.12. The number of unbranched alkanes of at least 4 members (excludes halogenated alkanes) is 1. The molecule has 1 fully saturated rings. The average Bonchev–Trinajstić information content (AvgIpc) is 2.62. The minimum atomic E-state index is -0.0718. The number of hydrogen-bond acceptors (Lipinski definition) is 3. The molecule has 92 valence electrons. The van der Waals surface area contributed by atoms with Crippen molar-refractivity contribution in [3.63, 3.8) is 0 Å². The van der Waals surface area contributed by atoms with E-state index in [1.807, 2.05) is 0 Å². The summed E-state index contributed by atoms with van der Waals surface area (Å²) >= 11 is 0. The van der Waals surface area contributed by atoms with E-state index in [4.69, 9.17) is 10.00 Å². The summed E-state index contributed by atoms with van der Waals surface area (Å²) in [7, 11) is 0. The number of nitriles is 1. The minimum absolute atomic E-state index is 0.0417. The third kappa shape index (κ3) is 8.43. The normalized spacial score (nSPS) is 23.1. The Morgan fingerprint density at radius 2 is 2.19 bits per heavy atom. The Hall–Kier alpha value is -0.880. The first-order valence-electron chi connectivity index (χ1n) is 6.12. The monoisotopic (exact) mass is 225 g/mol. The van der Waals surface area contributed by atoms with Crippen molar-refractivity contribution < 1.29 is 9.53 Å². The molecule has 0 spiro atoms. The van der Waals surface area contributed by atoms with Crippen molar-refractivity contribution in [2.24, 2.45) is 0 Å². The molecule has 2 atom stereocenters. The fourth-order valence-electron chi connectivity index (χ4n) is 1.64. The van der Waals surface area contributed by atoms with E-state index in [1.54, 1.807) is 6.07 Å². The van der Waals surface area contributed by atoms with Gasteiger partial charge in [0.05, 0.1) is 24.7 Å². The highest BCUT2D eigenvalue weighted by Crippen LogP contribution is 2.22. The van der Waals surface area contributed by atoms with Crippen LogP contribution in [0, 0.1) is 11.3 Å². The summed E-state index contributed by atoms with van der Waals surface area (Å²) in [6, 6.07) is 1.72. The maximum atomic E-state index is 9.82. The molecule has 0 bridgehead atoms. The summed E-state index contributed by atoms with van der Waals surface area (Å²) in [5, 5.41) is 7.77. The van der Waals surface area contributed by atoms with Gasteiger partial charge >= 0.3 is 0 Å². The molecule has 0 saturated carbocycles. The second kappa shape index (κ2) is 9.35. The molecular formula is C13H23NO2. The van der Waals surface area contributed by atoms with Gasteiger partial charge in [-0.3, -0.25) is 4.79 Å². The van der Waals surface area contributed by atoms with Gasteiger partial charge in [0.25, 0.3) is 0 Å². The summed E-state index contributed by atoms with van der Waals surface area (Å²) in [4.78, 5) is 9.82. The highest BCUT2D eigenvalue weighted by molar-refractivity contribution is 5.77. The number of Topliss-reactive ketones (excluding diaryl/α,β-unsaturated/α-hetero) is 1. The van der Waals surface area contributed by atoms with E-state index in [0.717, 1.165) is 0 Å². The van der Waals surface area contributed by atoms with E-state index in [0.29, 0.717) is 12.2 Å². The van der Waals surface area contributed by atoms with Crippen LogP contribution in [0.15, 0.2) is 0 Å². The van der Waals surface area contributed by atoms with Crippen LogP contribution in [-0.4, -0.2) is 18.0 Å². The van der Waals surface area contributed by atoms with Crippen molar-refractivity contribution in [1.82, 2.24) is 0 Å². The van der Waals surface area contributed by atoms with E-state index in [2.05, 4.69) is 13.8 Å². The first kappa shape index (κ1) is 15.1. The number of ether oxygens (including phenoxy) is 1. The Kier molecular flexibility index (Phi) is 8.84. The second-order valence-electron chi connectivity index (χ2n) is 4.33. The predicted molar refractivity (Wildman–Crippen MR) is 64.0 cm³/mol. The zero-order valence-electron chi connectivity index (χ0n) is 10.7. The van der Waals surface area contributed by atoms with Gasteiger partial charge in [-0.05, 0) is 33.1 Å². The van der Waals surface area contributed by atoms with Gasteiger partial charge in [-0.25, -0.2) is 0 Å². The number of rotatable bonds is 4. The Morgan fingerprint density at radius 3 is 2.50 bits per heavy atom. The third-order valence-electron chi connectivity index (χ3n) is 2.53. The molecule has 0 amide bonds. The van der Waals surface area contributed by atoms with Crippen molar-refractivity contribution in [3.05, 3.63) is 0 Å². The first-order chi connectivity index (χ1) is 7.60. The van der Waals surface area contributed by atoms with Crippen LogP contribution in [0.2, 0.25) is 0 Å². The van der Waals surface area contributed by atoms with Crippen molar-refractivity contribution >= 4 is 5.78 Å². The summed E-state index contributed by atoms with van der Waals surface area (Å²) in [5.41, 5.74) is 0. The highest BCUT2D eigenvalue weighted by atomic mass is 16.5. The maximum absolute atomic E-state index is 9.82. The zero-order chi connectivity index (χ0) is 12.4. The van der Waals surface area contributed by atoms with Crippen molar-refractivity contribution in [2.75, 3.05) is 0 Å². The van der Waals surface area contributed by atoms with Crippen LogP contribution in [-0.2, 0) is 9.53 Å². The molecule has 0 aromatic rings. The Balaban J connectivity index is 0.000000325. The van der Waals surface area contributed by atoms with Crippen molar-refractivity contribution in [3.8, 4) is 6.07 Å². The number of carbonyl (C=O) groups is 1. The summed E-state index contributed by atoms with van der Waals surface area (Å²) < 4.78 is 5.66. The summed E-state index contributed by atoms with van der Waals surface area (Å²) in [6.45, 7) is 5.80. The topological polar surface area (TPSA) is 50.1 Å². The molecule has 1 saturated heterocycles. The molecule has 2 unspecified atom stereocenters. The number of hydrogen-bond donors (Lipinski definition) is 0. The standard InChI is InChI=1S/C9H18O.C4H5NO/c1-3-4-5-9-7-6-8(2)10-9;1-4(6)2-3-5/h8-9H,3-7H2,1-2H3;2H2,1H3. The van der Waals surface area contributed by atoms with E-state index in [1.165, 1.54) is 39.0 Å². The molecule has 0 aromatic carbocycles. The van der Waals surface area contributed by atoms with Gasteiger partial charge in [0.1, 0.15) is 5.78 Å². The molecule has 3 nitrogen and oxygen atoms in total. The van der Waals surface area contributed by atoms with Crippen LogP contribution in [0.4, 0.5) is 0 Å². The molecule has 1 aliphatic heterocycles. The van der Waals surface area contributed by atoms with Gasteiger partial charge < -0.3 is 4.74 Å². The molecular weight excluding hydrogens is 202 g/mol. The maximum Gasteiger partial charge on any atom is 0.143 e. The van der Waals surface area contributed by atoms with Gasteiger partial charge in [-0.15, -0.1) is 0 Å². The van der Waals surface area contributed by atoms with Gasteiger partial charge in [0, 0.05) is 0 Å². The van der Waals surface area contributed by atoms with Crippen LogP contribution in [0.5, 0.6) is 0 Å². The minimum Gasteiger partial charge on any atom is -0.375 e. The quantitative estimate of drug-likeness (QED) is 0.738. The second-order valence-corrected chi connectivity index (χ2v) is 4.33. The zero-order valence-corrected chi connectivity index (χ0v) is 10.7. The van der Waals surface area contributed by atoms with Crippen LogP contribution < -0.4 is 0 Å². The lowest BCUT2D eigenvalue weighted by Crippen LogP contribution is -2.07. The molecule has 0 aromatic heterocycles. The Labute approximate surface area is 98.8 Å². The molecule has 1 rings (SSSR count). The van der Waals surface area contributed by atoms with Gasteiger partial charge in [-0.2, -0.15) is 5.26 Å². The third-order valence-corrected chi connectivity index (χ3v) is 2.53. The molecule has 0 N–H and O–H groups in total. The SMILES string of the molecule is CC(=O)CC#N.CCCCC1CCC(C)O1. The lowest BCUT2D eigenvalue weighted by Gasteiger charge is -2.08. The van der Waals surface area contributed by atoms with E-state index < -0.39 is 0 Å². The van der Waals surface area contributed by atoms with E-state index in [-0.39, 0.29) is 12.2 Å². The van der Waals surface area contributed by atoms with Crippen LogP contribution in [0.25, 0.3) is 0 Å². The smallest absolute Gasteiger partial charge is 0.143 e. The number of carbonyl (C=O) groups excluding carboxylic acids is 1. The van der Waals surface area contributed by atoms with E-state index in [9.17, 15) is 4.79 Å². The van der Waals surface area contributed by atoms with Gasteiger partial charge in [0.2, 0.25) is 0 Å². The summed E-state index contributed by atoms with van der Waals surface area (Å²) in [6.07, 6.45) is 7.64. The molecule has 16 heavy (non-hydrogen) atoms. The predicted octanol–water partition coefficient (Wildman–Crippen LogP) is 3.23. The van der Waals surface area contributed by atoms with Gasteiger partial charge in [-0.1, -0.05) is 19.8 Å². The van der Waals surface area contributed by atoms with Crippen molar-refractivity contribution in [2.45, 2.75) is 71.5 Å². The Morgan fingerprint density at radius 1 is 1.50 bits per heavy atom. The lowest BCUT2D eigenvalue weighted by atomic mass is 10.1. The molecule has 1 aliphatic rings. The fourth-order valence-corrected chi connectivity index (χ4v) is 1.64. The van der Waals surface area contributed by atoms with Crippen LogP contribution >= 0.6 is 0 Å². The molecule has 1 heterocycles. The average molecular weight is 225 g/mol. The highest BCUT2D eigenvalue weighted by Gasteiger charge is 2.20. The largest absolute Gasteiger partial charge is 0.375 e. The van der Waals surface area contributed by atoms with E-state index >= 15 is 0 Å². The molecule has 0 aliphatic carbocycles. The lowest BCUT2D eigenvalue weighted by molar-refractivity contribution is -0.116. The van der Waals surface area contributed by atoms with Crippen LogP contribution in [0.3, 0.4) is 0 Å². The van der Waals surface area contributed by atoms with Crippen molar-refractivity contribution in [1.29, 1.82) is 5.26 Å². The summed E-state index contributed by atoms with van der Waals surface area (Å²) in [5.74, 6) is -0.0718. The van der Waals surface area contributed by atoms with Gasteiger partial charge in [0.15, 0.2) is 0 Å².